The molecule has 6 heteroatoms. The molecule has 1 rings (SSSR count). The predicted octanol–water partition coefficient (Wildman–Crippen LogP) is 0.720. The van der Waals surface area contributed by atoms with Crippen LogP contribution < -0.4 is 5.73 Å². The predicted molar refractivity (Wildman–Crippen MR) is 78.1 cm³/mol. The maximum atomic E-state index is 12.3. The molecule has 2 amide bonds. The van der Waals surface area contributed by atoms with Gasteiger partial charge in [0.15, 0.2) is 0 Å². The maximum Gasteiger partial charge on any atom is 0.226 e. The number of hydrogen-bond acceptors (Lipinski definition) is 3. The van der Waals surface area contributed by atoms with Gasteiger partial charge in [0.25, 0.3) is 0 Å². The number of halogens is 1. The number of hydrogen-bond donors (Lipinski definition) is 1. The highest BCUT2D eigenvalue weighted by Crippen LogP contribution is 2.21. The molecule has 1 atom stereocenters. The standard InChI is InChI=1S/C13H25N3O2.ClH/c1-13(2,8-14)9-16(4)12(18)10-5-6-15(3)11(17)7-10;/h10H,5-9,14H2,1-4H3;1H. The first kappa shape index (κ1) is 18.2. The Balaban J connectivity index is 0.00000324. The van der Waals surface area contributed by atoms with Gasteiger partial charge in [0, 0.05) is 39.5 Å². The van der Waals surface area contributed by atoms with E-state index in [-0.39, 0.29) is 35.6 Å². The van der Waals surface area contributed by atoms with Gasteiger partial charge < -0.3 is 15.5 Å². The van der Waals surface area contributed by atoms with E-state index < -0.39 is 0 Å². The summed E-state index contributed by atoms with van der Waals surface area (Å²) in [6.45, 7) is 5.91. The van der Waals surface area contributed by atoms with Crippen LogP contribution in [0.15, 0.2) is 0 Å². The van der Waals surface area contributed by atoms with Gasteiger partial charge >= 0.3 is 0 Å². The van der Waals surface area contributed by atoms with E-state index in [1.165, 1.54) is 0 Å². The largest absolute Gasteiger partial charge is 0.346 e. The Morgan fingerprint density at radius 3 is 2.58 bits per heavy atom. The van der Waals surface area contributed by atoms with Gasteiger partial charge in [0.05, 0.1) is 0 Å². The second-order valence-corrected chi connectivity index (χ2v) is 6.07. The van der Waals surface area contributed by atoms with E-state index in [0.29, 0.717) is 26.1 Å². The Morgan fingerprint density at radius 1 is 1.53 bits per heavy atom. The first-order valence-corrected chi connectivity index (χ1v) is 6.46. The molecular weight excluding hydrogens is 266 g/mol. The Labute approximate surface area is 121 Å². The number of nitrogens with two attached hydrogens (primary N) is 1. The van der Waals surface area contributed by atoms with Crippen LogP contribution in [0.3, 0.4) is 0 Å². The highest BCUT2D eigenvalue weighted by Gasteiger charge is 2.31. The van der Waals surface area contributed by atoms with E-state index in [1.54, 1.807) is 23.9 Å². The smallest absolute Gasteiger partial charge is 0.226 e. The molecular formula is C13H26ClN3O2. The van der Waals surface area contributed by atoms with Crippen molar-refractivity contribution in [1.29, 1.82) is 0 Å². The summed E-state index contributed by atoms with van der Waals surface area (Å²) in [7, 11) is 3.58. The quantitative estimate of drug-likeness (QED) is 0.830. The topological polar surface area (TPSA) is 66.6 Å². The van der Waals surface area contributed by atoms with Gasteiger partial charge in [-0.1, -0.05) is 13.8 Å². The van der Waals surface area contributed by atoms with Crippen LogP contribution in [0.2, 0.25) is 0 Å². The van der Waals surface area contributed by atoms with Crippen LogP contribution in [0.25, 0.3) is 0 Å². The minimum absolute atomic E-state index is 0. The Kier molecular flexibility index (Phi) is 6.80. The zero-order chi connectivity index (χ0) is 13.9. The van der Waals surface area contributed by atoms with Crippen molar-refractivity contribution in [3.63, 3.8) is 0 Å². The molecule has 5 nitrogen and oxygen atoms in total. The van der Waals surface area contributed by atoms with Crippen molar-refractivity contribution in [3.05, 3.63) is 0 Å². The van der Waals surface area contributed by atoms with Crippen LogP contribution in [0, 0.1) is 11.3 Å². The van der Waals surface area contributed by atoms with Crippen molar-refractivity contribution >= 4 is 24.2 Å². The Morgan fingerprint density at radius 2 is 2.11 bits per heavy atom. The minimum Gasteiger partial charge on any atom is -0.346 e. The number of likely N-dealkylation sites (tertiary alicyclic amines) is 1. The number of rotatable bonds is 4. The first-order chi connectivity index (χ1) is 8.26. The van der Waals surface area contributed by atoms with Gasteiger partial charge in [0.1, 0.15) is 0 Å². The van der Waals surface area contributed by atoms with E-state index in [1.807, 2.05) is 13.8 Å². The molecule has 19 heavy (non-hydrogen) atoms. The SMILES string of the molecule is CN1CCC(C(=O)N(C)CC(C)(C)CN)CC1=O.Cl. The molecule has 0 aliphatic carbocycles. The van der Waals surface area contributed by atoms with Crippen LogP contribution in [0.4, 0.5) is 0 Å². The molecule has 1 unspecified atom stereocenters. The first-order valence-electron chi connectivity index (χ1n) is 6.46. The van der Waals surface area contributed by atoms with Gasteiger partial charge in [-0.25, -0.2) is 0 Å². The second kappa shape index (κ2) is 7.10. The summed E-state index contributed by atoms with van der Waals surface area (Å²) in [4.78, 5) is 27.3. The summed E-state index contributed by atoms with van der Waals surface area (Å²) in [5.41, 5.74) is 5.59. The lowest BCUT2D eigenvalue weighted by atomic mass is 9.91. The molecule has 0 radical (unpaired) electrons. The van der Waals surface area contributed by atoms with E-state index in [2.05, 4.69) is 0 Å². The molecule has 2 N–H and O–H groups in total. The molecule has 0 saturated carbocycles. The second-order valence-electron chi connectivity index (χ2n) is 6.07. The minimum atomic E-state index is -0.160. The molecule has 0 spiro atoms. The molecule has 1 saturated heterocycles. The number of nitrogens with zero attached hydrogens (tertiary/aromatic N) is 2. The van der Waals surface area contributed by atoms with Crippen LogP contribution >= 0.6 is 12.4 Å². The summed E-state index contributed by atoms with van der Waals surface area (Å²) in [5.74, 6) is -0.0312. The zero-order valence-corrected chi connectivity index (χ0v) is 13.1. The average molecular weight is 292 g/mol. The molecule has 1 heterocycles. The number of carbonyl (C=O) groups excluding carboxylic acids is 2. The molecule has 112 valence electrons. The highest BCUT2D eigenvalue weighted by atomic mass is 35.5. The normalized spacial score (nSPS) is 19.9. The molecule has 0 aromatic rings. The summed E-state index contributed by atoms with van der Waals surface area (Å²) in [6, 6.07) is 0. The lowest BCUT2D eigenvalue weighted by Crippen LogP contribution is -2.46. The van der Waals surface area contributed by atoms with Gasteiger partial charge in [-0.3, -0.25) is 9.59 Å². The molecule has 1 aliphatic heterocycles. The van der Waals surface area contributed by atoms with Crippen LogP contribution in [0.1, 0.15) is 26.7 Å². The fourth-order valence-corrected chi connectivity index (χ4v) is 2.25. The zero-order valence-electron chi connectivity index (χ0n) is 12.3. The van der Waals surface area contributed by atoms with E-state index in [4.69, 9.17) is 5.73 Å². The van der Waals surface area contributed by atoms with Crippen LogP contribution in [0.5, 0.6) is 0 Å². The van der Waals surface area contributed by atoms with Gasteiger partial charge in [-0.05, 0) is 18.4 Å². The van der Waals surface area contributed by atoms with Crippen molar-refractivity contribution in [2.45, 2.75) is 26.7 Å². The van der Waals surface area contributed by atoms with E-state index in [9.17, 15) is 9.59 Å². The third-order valence-corrected chi connectivity index (χ3v) is 3.60. The summed E-state index contributed by atoms with van der Waals surface area (Å²) < 4.78 is 0. The average Bonchev–Trinajstić information content (AvgIpc) is 2.31. The molecule has 1 aliphatic rings. The summed E-state index contributed by atoms with van der Waals surface area (Å²) in [6.07, 6.45) is 1.09. The monoisotopic (exact) mass is 291 g/mol. The third-order valence-electron chi connectivity index (χ3n) is 3.60. The lowest BCUT2D eigenvalue weighted by molar-refractivity contribution is -0.144. The lowest BCUT2D eigenvalue weighted by Gasteiger charge is -2.34. The third kappa shape index (κ3) is 4.99. The number of piperidine rings is 1. The van der Waals surface area contributed by atoms with Gasteiger partial charge in [-0.2, -0.15) is 0 Å². The molecule has 0 bridgehead atoms. The molecule has 1 fully saturated rings. The van der Waals surface area contributed by atoms with Crippen molar-refractivity contribution in [1.82, 2.24) is 9.80 Å². The fourth-order valence-electron chi connectivity index (χ4n) is 2.25. The van der Waals surface area contributed by atoms with Crippen molar-refractivity contribution in [2.24, 2.45) is 17.1 Å². The number of carbonyl (C=O) groups is 2. The molecule has 0 aromatic carbocycles. The fraction of sp³-hybridized carbons (Fsp3) is 0.846. The van der Waals surface area contributed by atoms with Gasteiger partial charge in [0.2, 0.25) is 11.8 Å². The van der Waals surface area contributed by atoms with E-state index >= 15 is 0 Å². The summed E-state index contributed by atoms with van der Waals surface area (Å²) in [5, 5.41) is 0. The van der Waals surface area contributed by atoms with Crippen molar-refractivity contribution in [3.8, 4) is 0 Å². The van der Waals surface area contributed by atoms with Crippen molar-refractivity contribution < 1.29 is 9.59 Å². The van der Waals surface area contributed by atoms with Crippen LogP contribution in [-0.2, 0) is 9.59 Å². The number of amides is 2. The van der Waals surface area contributed by atoms with Crippen LogP contribution in [-0.4, -0.2) is 55.3 Å². The molecule has 0 aromatic heterocycles. The van der Waals surface area contributed by atoms with Crippen molar-refractivity contribution in [2.75, 3.05) is 33.7 Å². The maximum absolute atomic E-state index is 12.3. The summed E-state index contributed by atoms with van der Waals surface area (Å²) >= 11 is 0. The van der Waals surface area contributed by atoms with Gasteiger partial charge in [-0.15, -0.1) is 12.4 Å². The Bertz CT molecular complexity index is 334. The Hall–Kier alpha value is -0.810. The van der Waals surface area contributed by atoms with E-state index in [0.717, 1.165) is 6.42 Å². The highest BCUT2D eigenvalue weighted by molar-refractivity contribution is 5.86.